The quantitative estimate of drug-likeness (QED) is 0.541. The molecule has 9 heteroatoms. The molecule has 0 bridgehead atoms. The van der Waals surface area contributed by atoms with Crippen LogP contribution in [0.25, 0.3) is 5.69 Å². The topological polar surface area (TPSA) is 84.3 Å². The van der Waals surface area contributed by atoms with Gasteiger partial charge >= 0.3 is 0 Å². The molecular weight excluding hydrogens is 456 g/mol. The summed E-state index contributed by atoms with van der Waals surface area (Å²) in [7, 11) is -2.33. The van der Waals surface area contributed by atoms with Gasteiger partial charge in [0.2, 0.25) is 15.9 Å². The highest BCUT2D eigenvalue weighted by molar-refractivity contribution is 9.10. The number of hydrogen-bond donors (Lipinski definition) is 1. The number of aromatic nitrogens is 2. The Morgan fingerprint density at radius 1 is 1.10 bits per heavy atom. The third-order valence-corrected chi connectivity index (χ3v) is 6.60. The van der Waals surface area contributed by atoms with Gasteiger partial charge in [0.05, 0.1) is 22.8 Å². The van der Waals surface area contributed by atoms with Gasteiger partial charge in [0.15, 0.2) is 0 Å². The molecule has 7 nitrogen and oxygen atoms in total. The molecule has 0 saturated carbocycles. The van der Waals surface area contributed by atoms with Crippen molar-refractivity contribution < 1.29 is 13.2 Å². The van der Waals surface area contributed by atoms with Crippen LogP contribution in [0.3, 0.4) is 0 Å². The fourth-order valence-corrected chi connectivity index (χ4v) is 4.07. The molecule has 0 spiro atoms. The summed E-state index contributed by atoms with van der Waals surface area (Å²) in [5.41, 5.74) is 1.80. The van der Waals surface area contributed by atoms with Gasteiger partial charge in [-0.1, -0.05) is 34.1 Å². The van der Waals surface area contributed by atoms with Crippen LogP contribution in [0.2, 0.25) is 0 Å². The molecule has 0 aliphatic rings. The van der Waals surface area contributed by atoms with Gasteiger partial charge in [-0.2, -0.15) is 9.40 Å². The highest BCUT2D eigenvalue weighted by Gasteiger charge is 2.22. The normalized spacial score (nSPS) is 11.6. The Kier molecular flexibility index (Phi) is 6.83. The van der Waals surface area contributed by atoms with Crippen LogP contribution in [-0.2, 0) is 21.2 Å². The van der Waals surface area contributed by atoms with Crippen LogP contribution < -0.4 is 5.32 Å². The zero-order chi connectivity index (χ0) is 20.9. The molecule has 152 valence electrons. The SMILES string of the molecule is CN(CC(=O)NCCc1ccn(-c2ccccc2)n1)S(=O)(=O)c1ccc(Br)cc1. The number of sulfonamides is 1. The number of carbonyl (C=O) groups is 1. The lowest BCUT2D eigenvalue weighted by molar-refractivity contribution is -0.121. The van der Waals surface area contributed by atoms with E-state index in [-0.39, 0.29) is 17.3 Å². The molecule has 0 radical (unpaired) electrons. The van der Waals surface area contributed by atoms with Gasteiger partial charge in [-0.15, -0.1) is 0 Å². The monoisotopic (exact) mass is 476 g/mol. The van der Waals surface area contributed by atoms with E-state index in [1.54, 1.807) is 16.8 Å². The average Bonchev–Trinajstić information content (AvgIpc) is 3.18. The minimum absolute atomic E-state index is 0.141. The number of benzene rings is 2. The summed E-state index contributed by atoms with van der Waals surface area (Å²) >= 11 is 3.27. The maximum Gasteiger partial charge on any atom is 0.243 e. The molecule has 0 fully saturated rings. The zero-order valence-corrected chi connectivity index (χ0v) is 18.2. The van der Waals surface area contributed by atoms with Crippen LogP contribution in [0.15, 0.2) is 76.2 Å². The minimum atomic E-state index is -3.72. The highest BCUT2D eigenvalue weighted by atomic mass is 79.9. The highest BCUT2D eigenvalue weighted by Crippen LogP contribution is 2.17. The van der Waals surface area contributed by atoms with E-state index in [9.17, 15) is 13.2 Å². The van der Waals surface area contributed by atoms with Crippen LogP contribution in [0.5, 0.6) is 0 Å². The molecule has 0 atom stereocenters. The number of nitrogens with zero attached hydrogens (tertiary/aromatic N) is 3. The van der Waals surface area contributed by atoms with Crippen molar-refractivity contribution in [2.75, 3.05) is 20.1 Å². The largest absolute Gasteiger partial charge is 0.355 e. The molecular formula is C20H21BrN4O3S. The summed E-state index contributed by atoms with van der Waals surface area (Å²) in [6.07, 6.45) is 2.42. The molecule has 0 aliphatic carbocycles. The fraction of sp³-hybridized carbons (Fsp3) is 0.200. The minimum Gasteiger partial charge on any atom is -0.355 e. The van der Waals surface area contributed by atoms with E-state index in [1.807, 2.05) is 42.6 Å². The van der Waals surface area contributed by atoms with Crippen molar-refractivity contribution >= 4 is 31.9 Å². The Morgan fingerprint density at radius 3 is 2.48 bits per heavy atom. The Bertz CT molecular complexity index is 1070. The zero-order valence-electron chi connectivity index (χ0n) is 15.8. The first-order valence-electron chi connectivity index (χ1n) is 8.95. The van der Waals surface area contributed by atoms with E-state index < -0.39 is 10.0 Å². The second-order valence-electron chi connectivity index (χ2n) is 6.40. The number of rotatable bonds is 8. The first-order valence-corrected chi connectivity index (χ1v) is 11.2. The lowest BCUT2D eigenvalue weighted by Crippen LogP contribution is -2.39. The summed E-state index contributed by atoms with van der Waals surface area (Å²) in [4.78, 5) is 12.3. The van der Waals surface area contributed by atoms with Gasteiger partial charge < -0.3 is 5.32 Å². The summed E-state index contributed by atoms with van der Waals surface area (Å²) in [5, 5.41) is 7.22. The molecule has 0 unspecified atom stereocenters. The van der Waals surface area contributed by atoms with Crippen LogP contribution >= 0.6 is 15.9 Å². The van der Waals surface area contributed by atoms with Gasteiger partial charge in [0.25, 0.3) is 0 Å². The molecule has 29 heavy (non-hydrogen) atoms. The van der Waals surface area contributed by atoms with Crippen molar-refractivity contribution in [3.8, 4) is 5.69 Å². The van der Waals surface area contributed by atoms with Crippen molar-refractivity contribution in [2.45, 2.75) is 11.3 Å². The lowest BCUT2D eigenvalue weighted by Gasteiger charge is -2.16. The van der Waals surface area contributed by atoms with Gasteiger partial charge in [-0.3, -0.25) is 4.79 Å². The molecule has 1 aromatic heterocycles. The maximum atomic E-state index is 12.5. The smallest absolute Gasteiger partial charge is 0.243 e. The summed E-state index contributed by atoms with van der Waals surface area (Å²) in [6.45, 7) is 0.119. The predicted molar refractivity (Wildman–Crippen MR) is 114 cm³/mol. The average molecular weight is 477 g/mol. The van der Waals surface area contributed by atoms with Crippen molar-refractivity contribution in [1.29, 1.82) is 0 Å². The molecule has 2 aromatic carbocycles. The van der Waals surface area contributed by atoms with Crippen molar-refractivity contribution in [1.82, 2.24) is 19.4 Å². The number of amides is 1. The number of carbonyl (C=O) groups excluding carboxylic acids is 1. The third kappa shape index (κ3) is 5.53. The second kappa shape index (κ2) is 9.34. The Hall–Kier alpha value is -2.49. The van der Waals surface area contributed by atoms with E-state index in [0.29, 0.717) is 13.0 Å². The van der Waals surface area contributed by atoms with Gasteiger partial charge in [-0.05, 0) is 42.5 Å². The van der Waals surface area contributed by atoms with Crippen molar-refractivity contribution in [2.24, 2.45) is 0 Å². The molecule has 3 rings (SSSR count). The first kappa shape index (κ1) is 21.2. The van der Waals surface area contributed by atoms with Crippen LogP contribution in [0, 0.1) is 0 Å². The van der Waals surface area contributed by atoms with Gasteiger partial charge in [-0.25, -0.2) is 13.1 Å². The molecule has 0 saturated heterocycles. The number of para-hydroxylation sites is 1. The maximum absolute atomic E-state index is 12.5. The molecule has 1 amide bonds. The van der Waals surface area contributed by atoms with E-state index in [1.165, 1.54) is 19.2 Å². The number of likely N-dealkylation sites (N-methyl/N-ethyl adjacent to an activating group) is 1. The molecule has 1 heterocycles. The lowest BCUT2D eigenvalue weighted by atomic mass is 10.3. The third-order valence-electron chi connectivity index (χ3n) is 4.26. The van der Waals surface area contributed by atoms with Crippen molar-refractivity contribution in [3.05, 3.63) is 77.0 Å². The van der Waals surface area contributed by atoms with E-state index >= 15 is 0 Å². The van der Waals surface area contributed by atoms with Crippen LogP contribution in [0.1, 0.15) is 5.69 Å². The summed E-state index contributed by atoms with van der Waals surface area (Å²) < 4.78 is 28.7. The number of hydrogen-bond acceptors (Lipinski definition) is 4. The van der Waals surface area contributed by atoms with E-state index in [0.717, 1.165) is 20.2 Å². The van der Waals surface area contributed by atoms with E-state index in [2.05, 4.69) is 26.3 Å². The molecule has 0 aliphatic heterocycles. The molecule has 1 N–H and O–H groups in total. The number of nitrogens with one attached hydrogen (secondary N) is 1. The van der Waals surface area contributed by atoms with Crippen LogP contribution in [0.4, 0.5) is 0 Å². The number of halogens is 1. The Morgan fingerprint density at radius 2 is 1.79 bits per heavy atom. The van der Waals surface area contributed by atoms with Crippen LogP contribution in [-0.4, -0.2) is 48.5 Å². The standard InChI is InChI=1S/C20H21BrN4O3S/c1-24(29(27,28)19-9-7-16(21)8-10-19)15-20(26)22-13-11-17-12-14-25(23-17)18-5-3-2-4-6-18/h2-10,12,14H,11,13,15H2,1H3,(H,22,26). The second-order valence-corrected chi connectivity index (χ2v) is 9.36. The van der Waals surface area contributed by atoms with Gasteiger partial charge in [0.1, 0.15) is 0 Å². The molecule has 3 aromatic rings. The summed E-state index contributed by atoms with van der Waals surface area (Å²) in [6, 6.07) is 17.9. The Balaban J connectivity index is 1.50. The first-order chi connectivity index (χ1) is 13.9. The Labute approximate surface area is 178 Å². The van der Waals surface area contributed by atoms with Crippen molar-refractivity contribution in [3.63, 3.8) is 0 Å². The van der Waals surface area contributed by atoms with E-state index in [4.69, 9.17) is 0 Å². The summed E-state index contributed by atoms with van der Waals surface area (Å²) in [5.74, 6) is -0.365. The van der Waals surface area contributed by atoms with Gasteiger partial charge in [0, 0.05) is 30.7 Å². The predicted octanol–water partition coefficient (Wildman–Crippen LogP) is 2.61. The fourth-order valence-electron chi connectivity index (χ4n) is 2.68.